The predicted molar refractivity (Wildman–Crippen MR) is 109 cm³/mol. The first-order chi connectivity index (χ1) is 13.8. The Balaban J connectivity index is 1.52. The molecule has 0 bridgehead atoms. The number of aromatic nitrogens is 3. The third-order valence-electron chi connectivity index (χ3n) is 5.81. The summed E-state index contributed by atoms with van der Waals surface area (Å²) in [5.74, 6) is 0.103. The molecule has 2 aromatic heterocycles. The Morgan fingerprint density at radius 1 is 1.32 bits per heavy atom. The van der Waals surface area contributed by atoms with E-state index in [0.717, 1.165) is 57.3 Å². The van der Waals surface area contributed by atoms with Gasteiger partial charge in [0.2, 0.25) is 0 Å². The van der Waals surface area contributed by atoms with Crippen molar-refractivity contribution in [1.29, 1.82) is 0 Å². The van der Waals surface area contributed by atoms with E-state index in [1.807, 2.05) is 27.9 Å². The van der Waals surface area contributed by atoms with Gasteiger partial charge in [0.05, 0.1) is 6.54 Å². The third-order valence-corrected chi connectivity index (χ3v) is 5.81. The molecule has 4 rings (SSSR count). The van der Waals surface area contributed by atoms with Crippen LogP contribution in [0.2, 0.25) is 0 Å². The molecule has 148 valence electrons. The first-order valence-corrected chi connectivity index (χ1v) is 10.4. The van der Waals surface area contributed by atoms with Crippen molar-refractivity contribution >= 4 is 5.91 Å². The summed E-state index contributed by atoms with van der Waals surface area (Å²) in [6.45, 7) is 7.01. The second-order valence-corrected chi connectivity index (χ2v) is 7.78. The Hall–Kier alpha value is -2.47. The zero-order valence-electron chi connectivity index (χ0n) is 16.4. The van der Waals surface area contributed by atoms with Crippen molar-refractivity contribution in [2.75, 3.05) is 13.1 Å². The van der Waals surface area contributed by atoms with Crippen LogP contribution in [0.25, 0.3) is 0 Å². The minimum Gasteiger partial charge on any atom is -0.337 e. The molecular weight excluding hydrogens is 350 g/mol. The summed E-state index contributed by atoms with van der Waals surface area (Å²) < 4.78 is 1.98. The Kier molecular flexibility index (Phi) is 5.86. The number of nitrogens with one attached hydrogen (secondary N) is 1. The lowest BCUT2D eigenvalue weighted by Crippen LogP contribution is -2.38. The van der Waals surface area contributed by atoms with Crippen LogP contribution in [0.1, 0.15) is 53.0 Å². The van der Waals surface area contributed by atoms with Crippen LogP contribution in [0.15, 0.2) is 37.2 Å². The number of piperidine rings is 1. The predicted octanol–water partition coefficient (Wildman–Crippen LogP) is 2.74. The zero-order valence-corrected chi connectivity index (χ0v) is 16.4. The highest BCUT2D eigenvalue weighted by atomic mass is 16.2. The van der Waals surface area contributed by atoms with Gasteiger partial charge in [0.1, 0.15) is 0 Å². The van der Waals surface area contributed by atoms with E-state index in [4.69, 9.17) is 5.10 Å². The fraction of sp³-hybridized carbons (Fsp3) is 0.500. The monoisotopic (exact) mass is 379 g/mol. The van der Waals surface area contributed by atoms with Gasteiger partial charge in [-0.2, -0.15) is 5.10 Å². The van der Waals surface area contributed by atoms with Crippen molar-refractivity contribution in [1.82, 2.24) is 25.0 Å². The molecule has 1 saturated heterocycles. The van der Waals surface area contributed by atoms with Crippen molar-refractivity contribution in [3.63, 3.8) is 0 Å². The molecule has 1 aliphatic carbocycles. The van der Waals surface area contributed by atoms with E-state index in [0.29, 0.717) is 18.3 Å². The number of carbonyl (C=O) groups is 1. The topological polar surface area (TPSA) is 63.1 Å². The van der Waals surface area contributed by atoms with E-state index in [-0.39, 0.29) is 5.91 Å². The van der Waals surface area contributed by atoms with Crippen LogP contribution in [-0.2, 0) is 25.9 Å². The van der Waals surface area contributed by atoms with E-state index in [2.05, 4.69) is 22.9 Å². The van der Waals surface area contributed by atoms with E-state index < -0.39 is 0 Å². The molecule has 2 aromatic rings. The van der Waals surface area contributed by atoms with Gasteiger partial charge in [0, 0.05) is 49.3 Å². The van der Waals surface area contributed by atoms with Crippen molar-refractivity contribution in [2.24, 2.45) is 0 Å². The molecule has 0 aromatic carbocycles. The zero-order chi connectivity index (χ0) is 19.3. The number of pyridine rings is 1. The molecule has 0 spiro atoms. The number of amides is 1. The molecule has 6 heteroatoms. The summed E-state index contributed by atoms with van der Waals surface area (Å²) in [6, 6.07) is 4.40. The molecule has 1 aliphatic heterocycles. The maximum absolute atomic E-state index is 13.2. The maximum Gasteiger partial charge on any atom is 0.274 e. The van der Waals surface area contributed by atoms with Gasteiger partial charge in [0.15, 0.2) is 5.69 Å². The summed E-state index contributed by atoms with van der Waals surface area (Å²) in [5.41, 5.74) is 4.18. The van der Waals surface area contributed by atoms with E-state index in [1.54, 1.807) is 6.20 Å². The van der Waals surface area contributed by atoms with Gasteiger partial charge in [0.25, 0.3) is 5.91 Å². The number of likely N-dealkylation sites (tertiary alicyclic amines) is 1. The number of carbonyl (C=O) groups excluding carboxylic acids is 1. The van der Waals surface area contributed by atoms with Crippen LogP contribution >= 0.6 is 0 Å². The van der Waals surface area contributed by atoms with Crippen LogP contribution < -0.4 is 5.32 Å². The number of hydrogen-bond acceptors (Lipinski definition) is 4. The average molecular weight is 380 g/mol. The highest BCUT2D eigenvalue weighted by Gasteiger charge is 2.31. The Bertz CT molecular complexity index is 823. The molecule has 0 saturated carbocycles. The third kappa shape index (κ3) is 4.02. The van der Waals surface area contributed by atoms with Crippen LogP contribution in [0.5, 0.6) is 0 Å². The van der Waals surface area contributed by atoms with Crippen molar-refractivity contribution in [3.8, 4) is 0 Å². The molecule has 6 nitrogen and oxygen atoms in total. The number of rotatable bonds is 6. The molecule has 3 heterocycles. The lowest BCUT2D eigenvalue weighted by atomic mass is 9.90. The quantitative estimate of drug-likeness (QED) is 0.784. The smallest absolute Gasteiger partial charge is 0.274 e. The molecule has 1 fully saturated rings. The summed E-state index contributed by atoms with van der Waals surface area (Å²) in [4.78, 5) is 19.3. The van der Waals surface area contributed by atoms with Crippen LogP contribution in [-0.4, -0.2) is 44.7 Å². The molecule has 1 N–H and O–H groups in total. The van der Waals surface area contributed by atoms with Gasteiger partial charge >= 0.3 is 0 Å². The largest absolute Gasteiger partial charge is 0.337 e. The summed E-state index contributed by atoms with van der Waals surface area (Å²) in [7, 11) is 0. The van der Waals surface area contributed by atoms with E-state index in [9.17, 15) is 4.79 Å². The molecule has 0 radical (unpaired) electrons. The average Bonchev–Trinajstić information content (AvgIpc) is 3.11. The van der Waals surface area contributed by atoms with Gasteiger partial charge < -0.3 is 10.2 Å². The van der Waals surface area contributed by atoms with Crippen molar-refractivity contribution in [3.05, 3.63) is 59.7 Å². The van der Waals surface area contributed by atoms with Gasteiger partial charge in [-0.05, 0) is 50.2 Å². The minimum absolute atomic E-state index is 0.103. The Labute approximate surface area is 166 Å². The van der Waals surface area contributed by atoms with Gasteiger partial charge in [-0.1, -0.05) is 12.1 Å². The fourth-order valence-electron chi connectivity index (χ4n) is 4.32. The van der Waals surface area contributed by atoms with Crippen LogP contribution in [0.4, 0.5) is 0 Å². The Morgan fingerprint density at radius 2 is 2.18 bits per heavy atom. The normalized spacial score (nSPS) is 19.3. The number of hydrogen-bond donors (Lipinski definition) is 1. The molecule has 1 amide bonds. The fourth-order valence-corrected chi connectivity index (χ4v) is 4.32. The van der Waals surface area contributed by atoms with E-state index in [1.165, 1.54) is 17.7 Å². The maximum atomic E-state index is 13.2. The summed E-state index contributed by atoms with van der Waals surface area (Å²) in [5, 5.41) is 8.37. The number of nitrogens with zero attached hydrogens (tertiary/aromatic N) is 4. The lowest BCUT2D eigenvalue weighted by molar-refractivity contribution is 0.0716. The minimum atomic E-state index is 0.103. The van der Waals surface area contributed by atoms with Crippen molar-refractivity contribution in [2.45, 2.75) is 57.7 Å². The molecular formula is C22H29N5O. The standard InChI is InChI=1S/C22H29N5O/c1-2-11-27-20-9-8-18(24-16-17-7-6-10-23-15-17)14-19(20)21(25-27)22(28)26-12-4-3-5-13-26/h2,6-7,10,15,18,24H,1,3-5,8-9,11-14,16H2. The summed E-state index contributed by atoms with van der Waals surface area (Å²) >= 11 is 0. The molecule has 28 heavy (non-hydrogen) atoms. The van der Waals surface area contributed by atoms with E-state index >= 15 is 0 Å². The lowest BCUT2D eigenvalue weighted by Gasteiger charge is -2.27. The first-order valence-electron chi connectivity index (χ1n) is 10.4. The first kappa shape index (κ1) is 18.9. The SMILES string of the molecule is C=CCn1nc(C(=O)N2CCCCC2)c2c1CCC(NCc1cccnc1)C2. The summed E-state index contributed by atoms with van der Waals surface area (Å²) in [6.07, 6.45) is 11.8. The Morgan fingerprint density at radius 3 is 2.93 bits per heavy atom. The second-order valence-electron chi connectivity index (χ2n) is 7.78. The molecule has 1 atom stereocenters. The number of allylic oxidation sites excluding steroid dienone is 1. The molecule has 1 unspecified atom stereocenters. The van der Waals surface area contributed by atoms with Crippen LogP contribution in [0, 0.1) is 0 Å². The molecule has 2 aliphatic rings. The van der Waals surface area contributed by atoms with Crippen molar-refractivity contribution < 1.29 is 4.79 Å². The van der Waals surface area contributed by atoms with Crippen LogP contribution in [0.3, 0.4) is 0 Å². The van der Waals surface area contributed by atoms with Gasteiger partial charge in [-0.15, -0.1) is 6.58 Å². The van der Waals surface area contributed by atoms with Gasteiger partial charge in [-0.3, -0.25) is 14.5 Å². The highest BCUT2D eigenvalue weighted by molar-refractivity contribution is 5.94. The second kappa shape index (κ2) is 8.69. The van der Waals surface area contributed by atoms with Gasteiger partial charge in [-0.25, -0.2) is 0 Å². The highest BCUT2D eigenvalue weighted by Crippen LogP contribution is 2.27. The number of fused-ring (bicyclic) bond motifs is 1.